The number of nitrogens with zero attached hydrogens (tertiary/aromatic N) is 4. The molecule has 2 atom stereocenters. The monoisotopic (exact) mass is 531 g/mol. The summed E-state index contributed by atoms with van der Waals surface area (Å²) in [6.45, 7) is 4.35. The number of aryl methyl sites for hydroxylation is 1. The van der Waals surface area contributed by atoms with Crippen molar-refractivity contribution < 1.29 is 9.90 Å². The topological polar surface area (TPSA) is 92.0 Å². The van der Waals surface area contributed by atoms with Gasteiger partial charge in [-0.2, -0.15) is 10.4 Å². The smallest absolute Gasteiger partial charge is 0.239 e. The number of carbonyl (C=O) groups is 1. The van der Waals surface area contributed by atoms with E-state index < -0.39 is 0 Å². The van der Waals surface area contributed by atoms with Crippen LogP contribution in [-0.4, -0.2) is 59.4 Å². The van der Waals surface area contributed by atoms with Crippen LogP contribution in [0.25, 0.3) is 0 Å². The quantitative estimate of drug-likeness (QED) is 0.576. The van der Waals surface area contributed by atoms with Crippen LogP contribution in [0.4, 0.5) is 5.69 Å². The number of hydrazone groups is 1. The Labute approximate surface area is 233 Å². The van der Waals surface area contributed by atoms with E-state index in [0.29, 0.717) is 49.2 Å². The Balaban J connectivity index is 1.08. The Morgan fingerprint density at radius 3 is 2.44 bits per heavy atom. The number of piperidine rings is 2. The summed E-state index contributed by atoms with van der Waals surface area (Å²) in [4.78, 5) is 15.0. The van der Waals surface area contributed by atoms with Crippen LogP contribution < -0.4 is 10.3 Å². The van der Waals surface area contributed by atoms with E-state index >= 15 is 0 Å². The van der Waals surface area contributed by atoms with Gasteiger partial charge in [-0.15, -0.1) is 0 Å². The normalized spacial score (nSPS) is 32.4. The van der Waals surface area contributed by atoms with Crippen molar-refractivity contribution in [3.05, 3.63) is 29.3 Å². The Morgan fingerprint density at radius 2 is 1.79 bits per heavy atom. The Kier molecular flexibility index (Phi) is 7.70. The first kappa shape index (κ1) is 26.8. The first-order chi connectivity index (χ1) is 18.9. The molecule has 3 heterocycles. The largest absolute Gasteiger partial charge is 0.393 e. The molecule has 210 valence electrons. The molecule has 0 radical (unpaired) electrons. The lowest BCUT2D eigenvalue weighted by Crippen LogP contribution is -2.55. The number of hydrogen-bond acceptors (Lipinski definition) is 6. The summed E-state index contributed by atoms with van der Waals surface area (Å²) in [7, 11) is 0. The number of hydrogen-bond donors (Lipinski definition) is 2. The highest BCUT2D eigenvalue weighted by Gasteiger charge is 2.44. The van der Waals surface area contributed by atoms with E-state index in [4.69, 9.17) is 5.10 Å². The number of benzene rings is 1. The van der Waals surface area contributed by atoms with Crippen LogP contribution in [0.3, 0.4) is 0 Å². The lowest BCUT2D eigenvalue weighted by Gasteiger charge is -2.46. The van der Waals surface area contributed by atoms with Crippen molar-refractivity contribution in [2.45, 2.75) is 109 Å². The third-order valence-electron chi connectivity index (χ3n) is 10.8. The number of carbonyl (C=O) groups excluding carboxylic acids is 1. The molecule has 1 aromatic rings. The van der Waals surface area contributed by atoms with Gasteiger partial charge in [-0.25, -0.2) is 0 Å². The van der Waals surface area contributed by atoms with Crippen molar-refractivity contribution >= 4 is 17.3 Å². The van der Waals surface area contributed by atoms with Crippen molar-refractivity contribution in [2.75, 3.05) is 24.6 Å². The van der Waals surface area contributed by atoms with Crippen LogP contribution in [-0.2, 0) is 4.79 Å². The van der Waals surface area contributed by atoms with Crippen LogP contribution in [0.2, 0.25) is 0 Å². The Bertz CT molecular complexity index is 1110. The molecule has 1 amide bonds. The molecular weight excluding hydrogens is 486 g/mol. The number of amides is 1. The van der Waals surface area contributed by atoms with Crippen LogP contribution >= 0.6 is 0 Å². The SMILES string of the molecule is Cc1cc(N2N=C(C3CCC4(CC3)CCC(C(=O)N3CCC(O)CC3)NC4)CC2C2CCCC2)ccc1C#N. The second-order valence-corrected chi connectivity index (χ2v) is 13.2. The number of aliphatic hydroxyl groups excluding tert-OH is 1. The molecule has 7 nitrogen and oxygen atoms in total. The van der Waals surface area contributed by atoms with Gasteiger partial charge < -0.3 is 15.3 Å². The van der Waals surface area contributed by atoms with Crippen molar-refractivity contribution in [3.63, 3.8) is 0 Å². The third-order valence-corrected chi connectivity index (χ3v) is 10.8. The van der Waals surface area contributed by atoms with Crippen molar-refractivity contribution in [2.24, 2.45) is 22.4 Å². The lowest BCUT2D eigenvalue weighted by molar-refractivity contribution is -0.136. The molecule has 39 heavy (non-hydrogen) atoms. The molecule has 3 aliphatic heterocycles. The maximum atomic E-state index is 13.0. The van der Waals surface area contributed by atoms with Crippen LogP contribution in [0.5, 0.6) is 0 Å². The molecule has 4 fully saturated rings. The third kappa shape index (κ3) is 5.47. The van der Waals surface area contributed by atoms with Gasteiger partial charge in [0.1, 0.15) is 0 Å². The Hall–Kier alpha value is -2.43. The average molecular weight is 532 g/mol. The maximum absolute atomic E-state index is 13.0. The van der Waals surface area contributed by atoms with Crippen LogP contribution in [0.15, 0.2) is 23.3 Å². The minimum atomic E-state index is -0.245. The number of rotatable bonds is 4. The highest BCUT2D eigenvalue weighted by Crippen LogP contribution is 2.47. The first-order valence-corrected chi connectivity index (χ1v) is 15.5. The number of nitriles is 1. The summed E-state index contributed by atoms with van der Waals surface area (Å²) in [6.07, 6.45) is 14.4. The molecule has 2 saturated carbocycles. The minimum absolute atomic E-state index is 0.0561. The molecule has 2 unspecified atom stereocenters. The summed E-state index contributed by atoms with van der Waals surface area (Å²) in [6, 6.07) is 8.90. The number of aliphatic hydroxyl groups is 1. The second-order valence-electron chi connectivity index (χ2n) is 13.2. The van der Waals surface area contributed by atoms with Crippen molar-refractivity contribution in [3.8, 4) is 6.07 Å². The zero-order valence-corrected chi connectivity index (χ0v) is 23.6. The lowest BCUT2D eigenvalue weighted by atomic mass is 9.65. The molecule has 1 spiro atoms. The van der Waals surface area contributed by atoms with Crippen molar-refractivity contribution in [1.29, 1.82) is 5.26 Å². The van der Waals surface area contributed by atoms with E-state index in [0.717, 1.165) is 42.6 Å². The summed E-state index contributed by atoms with van der Waals surface area (Å²) in [5, 5.41) is 30.5. The fraction of sp³-hybridized carbons (Fsp3) is 0.719. The van der Waals surface area contributed by atoms with Gasteiger partial charge in [-0.1, -0.05) is 12.8 Å². The van der Waals surface area contributed by atoms with Gasteiger partial charge >= 0.3 is 0 Å². The molecule has 2 aliphatic carbocycles. The van der Waals surface area contributed by atoms with Gasteiger partial charge in [-0.3, -0.25) is 9.80 Å². The van der Waals surface area contributed by atoms with E-state index in [1.807, 2.05) is 17.9 Å². The highest BCUT2D eigenvalue weighted by atomic mass is 16.3. The van der Waals surface area contributed by atoms with E-state index in [1.54, 1.807) is 0 Å². The fourth-order valence-corrected chi connectivity index (χ4v) is 8.16. The van der Waals surface area contributed by atoms with Crippen molar-refractivity contribution in [1.82, 2.24) is 10.2 Å². The molecule has 2 N–H and O–H groups in total. The Morgan fingerprint density at radius 1 is 1.08 bits per heavy atom. The number of anilines is 1. The van der Waals surface area contributed by atoms with Gasteiger partial charge in [0.2, 0.25) is 5.91 Å². The minimum Gasteiger partial charge on any atom is -0.393 e. The molecule has 5 aliphatic rings. The van der Waals surface area contributed by atoms with E-state index in [1.165, 1.54) is 57.1 Å². The van der Waals surface area contributed by atoms with E-state index in [2.05, 4.69) is 28.5 Å². The predicted molar refractivity (Wildman–Crippen MR) is 153 cm³/mol. The zero-order valence-electron chi connectivity index (χ0n) is 23.6. The van der Waals surface area contributed by atoms with Crippen LogP contribution in [0.1, 0.15) is 94.6 Å². The number of likely N-dealkylation sites (tertiary alicyclic amines) is 1. The van der Waals surface area contributed by atoms with Gasteiger partial charge in [0.05, 0.1) is 35.5 Å². The van der Waals surface area contributed by atoms with Gasteiger partial charge in [-0.05, 0) is 112 Å². The standard InChI is InChI=1S/C32H45N5O2/c1-22-18-26(7-6-25(22)20-33)37-30(24-4-2-3-5-24)19-29(35-37)23-8-13-32(14-9-23)15-10-28(34-21-32)31(39)36-16-11-27(38)12-17-36/h6-7,18,23-24,27-28,30,34,38H,2-5,8-17,19,21H2,1H3. The molecule has 0 bridgehead atoms. The number of nitrogens with one attached hydrogen (secondary N) is 1. The summed E-state index contributed by atoms with van der Waals surface area (Å²) in [5.74, 6) is 1.50. The summed E-state index contributed by atoms with van der Waals surface area (Å²) >= 11 is 0. The molecule has 7 heteroatoms. The van der Waals surface area contributed by atoms with Gasteiger partial charge in [0, 0.05) is 31.8 Å². The molecular formula is C32H45N5O2. The zero-order chi connectivity index (χ0) is 27.0. The van der Waals surface area contributed by atoms with E-state index in [9.17, 15) is 15.2 Å². The molecule has 2 saturated heterocycles. The summed E-state index contributed by atoms with van der Waals surface area (Å²) in [5.41, 5.74) is 4.63. The highest BCUT2D eigenvalue weighted by molar-refractivity contribution is 5.91. The van der Waals surface area contributed by atoms with Crippen LogP contribution in [0, 0.1) is 35.5 Å². The molecule has 6 rings (SSSR count). The maximum Gasteiger partial charge on any atom is 0.239 e. The average Bonchev–Trinajstić information content (AvgIpc) is 3.65. The van der Waals surface area contributed by atoms with E-state index in [-0.39, 0.29) is 18.1 Å². The molecule has 1 aromatic carbocycles. The van der Waals surface area contributed by atoms with Gasteiger partial charge in [0.15, 0.2) is 0 Å². The molecule has 0 aromatic heterocycles. The second kappa shape index (κ2) is 11.2. The first-order valence-electron chi connectivity index (χ1n) is 15.5. The summed E-state index contributed by atoms with van der Waals surface area (Å²) < 4.78 is 0. The van der Waals surface area contributed by atoms with Gasteiger partial charge in [0.25, 0.3) is 0 Å². The fourth-order valence-electron chi connectivity index (χ4n) is 8.16. The predicted octanol–water partition coefficient (Wildman–Crippen LogP) is 4.90.